The average molecular weight is 268 g/mol. The first-order chi connectivity index (χ1) is 8.58. The average Bonchev–Trinajstić information content (AvgIpc) is 2.81. The first-order valence-corrected chi connectivity index (χ1v) is 5.07. The number of aromatic nitrogens is 3. The fraction of sp³-hybridized carbons (Fsp3) is 0. The molecule has 2 N–H and O–H groups in total. The Morgan fingerprint density at radius 1 is 1.39 bits per heavy atom. The van der Waals surface area contributed by atoms with Gasteiger partial charge in [-0.15, -0.1) is 0 Å². The van der Waals surface area contributed by atoms with E-state index in [2.05, 4.69) is 20.3 Å². The molecule has 0 atom stereocenters. The second-order valence-corrected chi connectivity index (χ2v) is 3.52. The minimum Gasteiger partial charge on any atom is -0.358 e. The molecule has 1 amide bonds. The van der Waals surface area contributed by atoms with Gasteiger partial charge in [0.25, 0.3) is 5.91 Å². The summed E-state index contributed by atoms with van der Waals surface area (Å²) in [6.45, 7) is 0. The number of hydrogen-bond donors (Lipinski definition) is 2. The highest BCUT2D eigenvalue weighted by Gasteiger charge is 2.16. The number of rotatable bonds is 3. The molecule has 8 nitrogen and oxygen atoms in total. The standard InChI is InChI=1S/C9H6ClN5O3/c10-7-8(12-4-3-11-7)14-9(16)5-1-2-6(13-5)15(17)18/h1-4,13H,(H,12,14,16). The van der Waals surface area contributed by atoms with Crippen LogP contribution >= 0.6 is 11.6 Å². The van der Waals surface area contributed by atoms with E-state index in [9.17, 15) is 14.9 Å². The number of carbonyl (C=O) groups is 1. The third-order valence-electron chi connectivity index (χ3n) is 2.00. The van der Waals surface area contributed by atoms with Gasteiger partial charge < -0.3 is 15.4 Å². The van der Waals surface area contributed by atoms with Crippen LogP contribution in [-0.4, -0.2) is 25.8 Å². The van der Waals surface area contributed by atoms with Crippen LogP contribution in [0.4, 0.5) is 11.6 Å². The van der Waals surface area contributed by atoms with Crippen molar-refractivity contribution >= 4 is 29.1 Å². The zero-order valence-corrected chi connectivity index (χ0v) is 9.51. The van der Waals surface area contributed by atoms with Gasteiger partial charge in [-0.1, -0.05) is 11.6 Å². The molecule has 9 heteroatoms. The van der Waals surface area contributed by atoms with E-state index in [1.54, 1.807) is 0 Å². The number of nitrogens with zero attached hydrogens (tertiary/aromatic N) is 3. The van der Waals surface area contributed by atoms with Gasteiger partial charge >= 0.3 is 5.82 Å². The highest BCUT2D eigenvalue weighted by molar-refractivity contribution is 6.32. The number of aromatic amines is 1. The first kappa shape index (κ1) is 12.0. The maximum atomic E-state index is 11.7. The lowest BCUT2D eigenvalue weighted by Crippen LogP contribution is -2.14. The molecule has 2 heterocycles. The summed E-state index contributed by atoms with van der Waals surface area (Å²) in [4.78, 5) is 31.4. The Bertz CT molecular complexity index is 612. The normalized spacial score (nSPS) is 10.1. The Morgan fingerprint density at radius 3 is 2.72 bits per heavy atom. The molecular formula is C9H6ClN5O3. The fourth-order valence-corrected chi connectivity index (χ4v) is 1.35. The lowest BCUT2D eigenvalue weighted by atomic mass is 10.4. The Kier molecular flexibility index (Phi) is 3.20. The second kappa shape index (κ2) is 4.80. The predicted octanol–water partition coefficient (Wildman–Crippen LogP) is 1.62. The van der Waals surface area contributed by atoms with Crippen LogP contribution in [0.2, 0.25) is 5.15 Å². The second-order valence-electron chi connectivity index (χ2n) is 3.16. The van der Waals surface area contributed by atoms with Crippen molar-refractivity contribution in [2.24, 2.45) is 0 Å². The summed E-state index contributed by atoms with van der Waals surface area (Å²) in [7, 11) is 0. The molecule has 0 unspecified atom stereocenters. The summed E-state index contributed by atoms with van der Waals surface area (Å²) < 4.78 is 0. The van der Waals surface area contributed by atoms with Gasteiger partial charge in [-0.05, 0) is 11.0 Å². The van der Waals surface area contributed by atoms with Crippen molar-refractivity contribution in [3.05, 3.63) is 45.5 Å². The van der Waals surface area contributed by atoms with E-state index in [0.29, 0.717) is 0 Å². The SMILES string of the molecule is O=C(Nc1nccnc1Cl)c1ccc([N+](=O)[O-])[nH]1. The van der Waals surface area contributed by atoms with Crippen molar-refractivity contribution in [2.45, 2.75) is 0 Å². The third-order valence-corrected chi connectivity index (χ3v) is 2.27. The topological polar surface area (TPSA) is 114 Å². The van der Waals surface area contributed by atoms with Crippen LogP contribution in [0.1, 0.15) is 10.5 Å². The maximum Gasteiger partial charge on any atom is 0.321 e. The Labute approximate surface area is 105 Å². The number of anilines is 1. The predicted molar refractivity (Wildman–Crippen MR) is 62.4 cm³/mol. The van der Waals surface area contributed by atoms with E-state index in [-0.39, 0.29) is 22.5 Å². The molecule has 92 valence electrons. The van der Waals surface area contributed by atoms with Crippen molar-refractivity contribution in [1.82, 2.24) is 15.0 Å². The Balaban J connectivity index is 2.17. The molecule has 0 aliphatic carbocycles. The molecule has 0 spiro atoms. The van der Waals surface area contributed by atoms with Crippen molar-refractivity contribution < 1.29 is 9.72 Å². The summed E-state index contributed by atoms with van der Waals surface area (Å²) >= 11 is 5.70. The highest BCUT2D eigenvalue weighted by atomic mass is 35.5. The maximum absolute atomic E-state index is 11.7. The van der Waals surface area contributed by atoms with Gasteiger partial charge in [-0.3, -0.25) is 4.79 Å². The summed E-state index contributed by atoms with van der Waals surface area (Å²) in [5, 5.41) is 12.9. The quantitative estimate of drug-likeness (QED) is 0.648. The van der Waals surface area contributed by atoms with E-state index in [1.165, 1.54) is 24.5 Å². The van der Waals surface area contributed by atoms with Crippen molar-refractivity contribution in [3.8, 4) is 0 Å². The van der Waals surface area contributed by atoms with Crippen LogP contribution in [0, 0.1) is 10.1 Å². The lowest BCUT2D eigenvalue weighted by Gasteiger charge is -2.01. The molecule has 0 radical (unpaired) electrons. The molecular weight excluding hydrogens is 262 g/mol. The van der Waals surface area contributed by atoms with E-state index < -0.39 is 10.8 Å². The summed E-state index contributed by atoms with van der Waals surface area (Å²) in [5.41, 5.74) is 0.0309. The number of carbonyl (C=O) groups excluding carboxylic acids is 1. The zero-order chi connectivity index (χ0) is 13.1. The monoisotopic (exact) mass is 267 g/mol. The van der Waals surface area contributed by atoms with Crippen molar-refractivity contribution in [2.75, 3.05) is 5.32 Å². The summed E-state index contributed by atoms with van der Waals surface area (Å²) in [5.74, 6) is -0.780. The fourth-order valence-electron chi connectivity index (χ4n) is 1.20. The van der Waals surface area contributed by atoms with Gasteiger partial charge in [-0.25, -0.2) is 15.0 Å². The first-order valence-electron chi connectivity index (χ1n) is 4.69. The highest BCUT2D eigenvalue weighted by Crippen LogP contribution is 2.16. The third kappa shape index (κ3) is 2.43. The molecule has 0 aromatic carbocycles. The molecule has 0 bridgehead atoms. The number of H-pyrrole nitrogens is 1. The van der Waals surface area contributed by atoms with Crippen LogP contribution in [0.3, 0.4) is 0 Å². The molecule has 0 saturated carbocycles. The lowest BCUT2D eigenvalue weighted by molar-refractivity contribution is -0.389. The molecule has 2 aromatic rings. The van der Waals surface area contributed by atoms with Crippen LogP contribution in [0.25, 0.3) is 0 Å². The van der Waals surface area contributed by atoms with Crippen molar-refractivity contribution in [3.63, 3.8) is 0 Å². The van der Waals surface area contributed by atoms with E-state index in [4.69, 9.17) is 11.6 Å². The molecule has 18 heavy (non-hydrogen) atoms. The minimum absolute atomic E-state index is 0.0309. The number of amides is 1. The molecule has 0 fully saturated rings. The number of halogens is 1. The van der Waals surface area contributed by atoms with Gasteiger partial charge in [0.05, 0.1) is 0 Å². The Morgan fingerprint density at radius 2 is 2.11 bits per heavy atom. The summed E-state index contributed by atoms with van der Waals surface area (Å²) in [6.07, 6.45) is 2.73. The van der Waals surface area contributed by atoms with Gasteiger partial charge in [0.1, 0.15) is 0 Å². The van der Waals surface area contributed by atoms with Gasteiger partial charge in [-0.2, -0.15) is 0 Å². The van der Waals surface area contributed by atoms with Crippen LogP contribution < -0.4 is 5.32 Å². The molecule has 0 saturated heterocycles. The van der Waals surface area contributed by atoms with E-state index in [0.717, 1.165) is 0 Å². The summed E-state index contributed by atoms with van der Waals surface area (Å²) in [6, 6.07) is 2.48. The number of hydrogen-bond acceptors (Lipinski definition) is 5. The molecule has 0 aliphatic rings. The number of nitrogens with one attached hydrogen (secondary N) is 2. The number of nitro groups is 1. The van der Waals surface area contributed by atoms with Gasteiger partial charge in [0, 0.05) is 18.5 Å². The van der Waals surface area contributed by atoms with Crippen molar-refractivity contribution in [1.29, 1.82) is 0 Å². The molecule has 2 rings (SSSR count). The van der Waals surface area contributed by atoms with Gasteiger partial charge in [0.15, 0.2) is 16.7 Å². The molecule has 0 aliphatic heterocycles. The van der Waals surface area contributed by atoms with Crippen LogP contribution in [0.5, 0.6) is 0 Å². The zero-order valence-electron chi connectivity index (χ0n) is 8.75. The molecule has 2 aromatic heterocycles. The van der Waals surface area contributed by atoms with E-state index >= 15 is 0 Å². The van der Waals surface area contributed by atoms with E-state index in [1.807, 2.05) is 0 Å². The van der Waals surface area contributed by atoms with Gasteiger partial charge in [0.2, 0.25) is 0 Å². The smallest absolute Gasteiger partial charge is 0.321 e. The van der Waals surface area contributed by atoms with Crippen LogP contribution in [0.15, 0.2) is 24.5 Å². The van der Waals surface area contributed by atoms with Crippen LogP contribution in [-0.2, 0) is 0 Å². The Hall–Kier alpha value is -2.48. The largest absolute Gasteiger partial charge is 0.358 e. The minimum atomic E-state index is -0.633.